The average molecular weight is 242 g/mol. The molecule has 0 fully saturated rings. The summed E-state index contributed by atoms with van der Waals surface area (Å²) in [5, 5.41) is 17.1. The average Bonchev–Trinajstić information content (AvgIpc) is 2.24. The minimum atomic E-state index is -1.27. The van der Waals surface area contributed by atoms with Crippen LogP contribution in [0.5, 0.6) is 0 Å². The summed E-state index contributed by atoms with van der Waals surface area (Å²) in [6.45, 7) is 2.46. The summed E-state index contributed by atoms with van der Waals surface area (Å²) in [6, 6.07) is 1.57. The zero-order chi connectivity index (χ0) is 12.6. The van der Waals surface area contributed by atoms with E-state index in [4.69, 9.17) is 10.4 Å². The number of carboxylic acids is 1. The fourth-order valence-corrected chi connectivity index (χ4v) is 1.43. The summed E-state index contributed by atoms with van der Waals surface area (Å²) in [5.41, 5.74) is -0.338. The SMILES string of the molecule is CCN(CC=C(C#N)C(=O)O)C(=O)CSC. The van der Waals surface area contributed by atoms with E-state index in [9.17, 15) is 9.59 Å². The number of rotatable bonds is 6. The molecule has 0 atom stereocenters. The van der Waals surface area contributed by atoms with Gasteiger partial charge in [-0.1, -0.05) is 0 Å². The molecule has 0 aliphatic rings. The van der Waals surface area contributed by atoms with E-state index >= 15 is 0 Å². The third kappa shape index (κ3) is 4.84. The number of nitrogens with zero attached hydrogens (tertiary/aromatic N) is 2. The molecule has 0 aromatic carbocycles. The second kappa shape index (κ2) is 7.77. The Morgan fingerprint density at radius 2 is 2.19 bits per heavy atom. The van der Waals surface area contributed by atoms with E-state index < -0.39 is 5.97 Å². The van der Waals surface area contributed by atoms with Crippen molar-refractivity contribution in [1.82, 2.24) is 4.90 Å². The largest absolute Gasteiger partial charge is 0.477 e. The molecular weight excluding hydrogens is 228 g/mol. The van der Waals surface area contributed by atoms with Crippen LogP contribution in [0.2, 0.25) is 0 Å². The van der Waals surface area contributed by atoms with Crippen LogP contribution >= 0.6 is 11.8 Å². The van der Waals surface area contributed by atoms with Crippen LogP contribution in [0.25, 0.3) is 0 Å². The molecule has 0 aliphatic carbocycles. The number of carbonyl (C=O) groups is 2. The van der Waals surface area contributed by atoms with Gasteiger partial charge in [0.1, 0.15) is 11.6 Å². The Balaban J connectivity index is 4.51. The first-order valence-electron chi connectivity index (χ1n) is 4.67. The number of hydrogen-bond donors (Lipinski definition) is 1. The van der Waals surface area contributed by atoms with Gasteiger partial charge in [-0.3, -0.25) is 4.79 Å². The maximum Gasteiger partial charge on any atom is 0.346 e. The summed E-state index contributed by atoms with van der Waals surface area (Å²) in [4.78, 5) is 23.5. The highest BCUT2D eigenvalue weighted by Gasteiger charge is 2.11. The maximum atomic E-state index is 11.5. The second-order valence-corrected chi connectivity index (χ2v) is 3.77. The van der Waals surface area contributed by atoms with Gasteiger partial charge in [-0.15, -0.1) is 0 Å². The molecule has 5 nitrogen and oxygen atoms in total. The van der Waals surface area contributed by atoms with Gasteiger partial charge in [0.2, 0.25) is 5.91 Å². The zero-order valence-corrected chi connectivity index (χ0v) is 10.1. The minimum Gasteiger partial charge on any atom is -0.477 e. The van der Waals surface area contributed by atoms with E-state index in [1.54, 1.807) is 13.0 Å². The van der Waals surface area contributed by atoms with Crippen LogP contribution in [0.4, 0.5) is 0 Å². The fraction of sp³-hybridized carbons (Fsp3) is 0.500. The Morgan fingerprint density at radius 1 is 1.56 bits per heavy atom. The molecule has 16 heavy (non-hydrogen) atoms. The Bertz CT molecular complexity index is 333. The van der Waals surface area contributed by atoms with Gasteiger partial charge in [0.15, 0.2) is 0 Å². The summed E-state index contributed by atoms with van der Waals surface area (Å²) in [7, 11) is 0. The molecule has 0 rings (SSSR count). The molecule has 6 heteroatoms. The lowest BCUT2D eigenvalue weighted by Gasteiger charge is -2.18. The van der Waals surface area contributed by atoms with Crippen LogP contribution in [0.1, 0.15) is 6.92 Å². The topological polar surface area (TPSA) is 81.4 Å². The number of amides is 1. The molecule has 88 valence electrons. The summed E-state index contributed by atoms with van der Waals surface area (Å²) in [5.74, 6) is -0.971. The van der Waals surface area contributed by atoms with Crippen LogP contribution < -0.4 is 0 Å². The van der Waals surface area contributed by atoms with Crippen LogP contribution in [0, 0.1) is 11.3 Å². The lowest BCUT2D eigenvalue weighted by atomic mass is 10.2. The number of aliphatic carboxylic acids is 1. The number of nitriles is 1. The normalized spacial score (nSPS) is 10.7. The van der Waals surface area contributed by atoms with Crippen LogP contribution in [-0.4, -0.2) is 47.0 Å². The van der Waals surface area contributed by atoms with Crippen LogP contribution in [-0.2, 0) is 9.59 Å². The van der Waals surface area contributed by atoms with Crippen LogP contribution in [0.3, 0.4) is 0 Å². The van der Waals surface area contributed by atoms with Crippen molar-refractivity contribution in [1.29, 1.82) is 5.26 Å². The Labute approximate surface area is 98.7 Å². The van der Waals surface area contributed by atoms with Gasteiger partial charge in [0, 0.05) is 13.1 Å². The van der Waals surface area contributed by atoms with Gasteiger partial charge in [0.05, 0.1) is 5.75 Å². The number of thioether (sulfide) groups is 1. The standard InChI is InChI=1S/C10H14N2O3S/c1-3-12(9(13)7-16-2)5-4-8(6-11)10(14)15/h4H,3,5,7H2,1-2H3,(H,14,15). The number of hydrogen-bond acceptors (Lipinski definition) is 4. The van der Waals surface area contributed by atoms with Gasteiger partial charge < -0.3 is 10.0 Å². The third-order valence-electron chi connectivity index (χ3n) is 1.87. The smallest absolute Gasteiger partial charge is 0.346 e. The molecule has 0 radical (unpaired) electrons. The molecule has 1 amide bonds. The van der Waals surface area contributed by atoms with Crippen molar-refractivity contribution in [3.05, 3.63) is 11.6 Å². The quantitative estimate of drug-likeness (QED) is 0.548. The molecule has 1 N–H and O–H groups in total. The lowest BCUT2D eigenvalue weighted by molar-refractivity contribution is -0.132. The Kier molecular flexibility index (Phi) is 7.05. The Hall–Kier alpha value is -1.48. The highest BCUT2D eigenvalue weighted by Crippen LogP contribution is 2.00. The van der Waals surface area contributed by atoms with Crippen molar-refractivity contribution >= 4 is 23.6 Å². The van der Waals surface area contributed by atoms with Crippen molar-refractivity contribution in [2.45, 2.75) is 6.92 Å². The van der Waals surface area contributed by atoms with Crippen LogP contribution in [0.15, 0.2) is 11.6 Å². The summed E-state index contributed by atoms with van der Waals surface area (Å²) < 4.78 is 0. The van der Waals surface area contributed by atoms with Crippen molar-refractivity contribution in [2.24, 2.45) is 0 Å². The molecule has 0 aromatic heterocycles. The monoisotopic (exact) mass is 242 g/mol. The highest BCUT2D eigenvalue weighted by molar-refractivity contribution is 7.99. The first-order chi connectivity index (χ1) is 7.56. The fourth-order valence-electron chi connectivity index (χ4n) is 1.00. The van der Waals surface area contributed by atoms with Gasteiger partial charge in [-0.2, -0.15) is 17.0 Å². The highest BCUT2D eigenvalue weighted by atomic mass is 32.2. The summed E-state index contributed by atoms with van der Waals surface area (Å²) >= 11 is 1.41. The van der Waals surface area contributed by atoms with E-state index in [1.165, 1.54) is 22.7 Å². The second-order valence-electron chi connectivity index (χ2n) is 2.90. The van der Waals surface area contributed by atoms with E-state index in [2.05, 4.69) is 0 Å². The molecule has 0 spiro atoms. The van der Waals surface area contributed by atoms with Crippen molar-refractivity contribution < 1.29 is 14.7 Å². The predicted molar refractivity (Wildman–Crippen MR) is 62.0 cm³/mol. The predicted octanol–water partition coefficient (Wildman–Crippen LogP) is 0.732. The van der Waals surface area contributed by atoms with Gasteiger partial charge >= 0.3 is 5.97 Å². The molecule has 0 aromatic rings. The van der Waals surface area contributed by atoms with Crippen molar-refractivity contribution in [3.63, 3.8) is 0 Å². The van der Waals surface area contributed by atoms with E-state index in [0.29, 0.717) is 12.3 Å². The molecule has 0 aliphatic heterocycles. The van der Waals surface area contributed by atoms with Gasteiger partial charge in [0.25, 0.3) is 0 Å². The van der Waals surface area contributed by atoms with Crippen molar-refractivity contribution in [3.8, 4) is 6.07 Å². The minimum absolute atomic E-state index is 0.0612. The first kappa shape index (κ1) is 14.5. The van der Waals surface area contributed by atoms with Crippen molar-refractivity contribution in [2.75, 3.05) is 25.1 Å². The van der Waals surface area contributed by atoms with Gasteiger partial charge in [-0.25, -0.2) is 4.79 Å². The van der Waals surface area contributed by atoms with E-state index in [0.717, 1.165) is 0 Å². The molecule has 0 saturated carbocycles. The van der Waals surface area contributed by atoms with E-state index in [-0.39, 0.29) is 18.0 Å². The Morgan fingerprint density at radius 3 is 2.56 bits per heavy atom. The van der Waals surface area contributed by atoms with Gasteiger partial charge in [-0.05, 0) is 19.3 Å². The molecule has 0 saturated heterocycles. The number of carbonyl (C=O) groups excluding carboxylic acids is 1. The summed E-state index contributed by atoms with van der Waals surface area (Å²) in [6.07, 6.45) is 3.07. The first-order valence-corrected chi connectivity index (χ1v) is 6.06. The molecule has 0 heterocycles. The molecule has 0 unspecified atom stereocenters. The number of carboxylic acid groups (broad SMARTS) is 1. The zero-order valence-electron chi connectivity index (χ0n) is 9.27. The third-order valence-corrected chi connectivity index (χ3v) is 2.40. The molecular formula is C10H14N2O3S. The molecule has 0 bridgehead atoms. The van der Waals surface area contributed by atoms with E-state index in [1.807, 2.05) is 6.26 Å². The lowest BCUT2D eigenvalue weighted by Crippen LogP contribution is -2.32. The number of likely N-dealkylation sites (N-methyl/N-ethyl adjacent to an activating group) is 1. The maximum absolute atomic E-state index is 11.5.